The molecule has 0 radical (unpaired) electrons. The lowest BCUT2D eigenvalue weighted by Crippen LogP contribution is -2.22. The van der Waals surface area contributed by atoms with Gasteiger partial charge in [0.25, 0.3) is 0 Å². The molecule has 0 saturated heterocycles. The number of hydrogen-bond acceptors (Lipinski definition) is 3. The molecule has 0 N–H and O–H groups in total. The zero-order valence-electron chi connectivity index (χ0n) is 10.3. The van der Waals surface area contributed by atoms with Gasteiger partial charge in [-0.15, -0.1) is 5.10 Å². The summed E-state index contributed by atoms with van der Waals surface area (Å²) in [6, 6.07) is 1.18. The predicted octanol–water partition coefficient (Wildman–Crippen LogP) is 2.81. The third-order valence-electron chi connectivity index (χ3n) is 2.10. The van der Waals surface area contributed by atoms with Gasteiger partial charge in [-0.3, -0.25) is 0 Å². The molecule has 0 aliphatic heterocycles. The van der Waals surface area contributed by atoms with Crippen molar-refractivity contribution in [2.75, 3.05) is 13.7 Å². The molecule has 0 fully saturated rings. The molecule has 0 atom stereocenters. The smallest absolute Gasteiger partial charge is 0.246 e. The van der Waals surface area contributed by atoms with Crippen LogP contribution >= 0.6 is 22.6 Å². The fraction of sp³-hybridized carbons (Fsp3) is 0.700. The average Bonchev–Trinajstić information content (AvgIpc) is 2.52. The zero-order chi connectivity index (χ0) is 12.2. The number of halogens is 1. The SMILES string of the molecule is COc1nn(COCC[Si](C)(C)C)cc1I. The Bertz CT molecular complexity index is 336. The lowest BCUT2D eigenvalue weighted by Gasteiger charge is -2.15. The lowest BCUT2D eigenvalue weighted by atomic mass is 10.7. The summed E-state index contributed by atoms with van der Waals surface area (Å²) in [6.45, 7) is 8.35. The molecule has 1 heterocycles. The third kappa shape index (κ3) is 4.83. The molecular formula is C10H19IN2O2Si. The molecule has 0 spiro atoms. The maximum atomic E-state index is 5.58. The van der Waals surface area contributed by atoms with Crippen molar-refractivity contribution in [3.05, 3.63) is 9.77 Å². The summed E-state index contributed by atoms with van der Waals surface area (Å²) in [5, 5.41) is 4.24. The van der Waals surface area contributed by atoms with Crippen molar-refractivity contribution in [1.29, 1.82) is 0 Å². The van der Waals surface area contributed by atoms with Crippen molar-refractivity contribution in [3.63, 3.8) is 0 Å². The van der Waals surface area contributed by atoms with Crippen LogP contribution in [0.2, 0.25) is 25.7 Å². The van der Waals surface area contributed by atoms with Gasteiger partial charge in [-0.1, -0.05) is 19.6 Å². The van der Waals surface area contributed by atoms with Crippen LogP contribution in [0.1, 0.15) is 0 Å². The summed E-state index contributed by atoms with van der Waals surface area (Å²) in [7, 11) is 0.637. The molecule has 0 bridgehead atoms. The van der Waals surface area contributed by atoms with Gasteiger partial charge in [-0.05, 0) is 28.6 Å². The quantitative estimate of drug-likeness (QED) is 0.448. The topological polar surface area (TPSA) is 36.3 Å². The summed E-state index contributed by atoms with van der Waals surface area (Å²) in [5.74, 6) is 0.661. The normalized spacial score (nSPS) is 11.8. The minimum absolute atomic E-state index is 0.504. The van der Waals surface area contributed by atoms with Crippen LogP contribution in [0.25, 0.3) is 0 Å². The highest BCUT2D eigenvalue weighted by atomic mass is 127. The first-order valence-electron chi connectivity index (χ1n) is 5.27. The van der Waals surface area contributed by atoms with Gasteiger partial charge in [0, 0.05) is 20.9 Å². The number of nitrogens with zero attached hydrogens (tertiary/aromatic N) is 2. The van der Waals surface area contributed by atoms with Gasteiger partial charge < -0.3 is 9.47 Å². The zero-order valence-corrected chi connectivity index (χ0v) is 13.4. The van der Waals surface area contributed by atoms with Crippen molar-refractivity contribution in [2.24, 2.45) is 0 Å². The van der Waals surface area contributed by atoms with E-state index in [-0.39, 0.29) is 0 Å². The van der Waals surface area contributed by atoms with Crippen LogP contribution in [0, 0.1) is 3.57 Å². The van der Waals surface area contributed by atoms with Crippen LogP contribution in [-0.2, 0) is 11.5 Å². The second-order valence-corrected chi connectivity index (χ2v) is 11.7. The Morgan fingerprint density at radius 3 is 2.62 bits per heavy atom. The Morgan fingerprint density at radius 1 is 1.44 bits per heavy atom. The molecule has 4 nitrogen and oxygen atoms in total. The molecule has 0 aliphatic rings. The van der Waals surface area contributed by atoms with E-state index in [0.29, 0.717) is 12.6 Å². The van der Waals surface area contributed by atoms with Crippen molar-refractivity contribution >= 4 is 30.7 Å². The van der Waals surface area contributed by atoms with E-state index in [1.54, 1.807) is 11.8 Å². The largest absolute Gasteiger partial charge is 0.479 e. The van der Waals surface area contributed by atoms with Gasteiger partial charge >= 0.3 is 0 Å². The van der Waals surface area contributed by atoms with E-state index in [0.717, 1.165) is 10.2 Å². The van der Waals surface area contributed by atoms with Crippen LogP contribution in [0.5, 0.6) is 5.88 Å². The van der Waals surface area contributed by atoms with Crippen LogP contribution in [0.15, 0.2) is 6.20 Å². The van der Waals surface area contributed by atoms with Gasteiger partial charge in [0.1, 0.15) is 6.73 Å². The number of aromatic nitrogens is 2. The molecule has 1 aromatic rings. The summed E-state index contributed by atoms with van der Waals surface area (Å²) in [4.78, 5) is 0. The van der Waals surface area contributed by atoms with Crippen LogP contribution in [0.3, 0.4) is 0 Å². The maximum absolute atomic E-state index is 5.58. The summed E-state index contributed by atoms with van der Waals surface area (Å²) < 4.78 is 13.5. The molecule has 0 aliphatic carbocycles. The van der Waals surface area contributed by atoms with E-state index < -0.39 is 8.07 Å². The molecule has 0 unspecified atom stereocenters. The highest BCUT2D eigenvalue weighted by Crippen LogP contribution is 2.17. The first kappa shape index (κ1) is 14.0. The minimum Gasteiger partial charge on any atom is -0.479 e. The van der Waals surface area contributed by atoms with Gasteiger partial charge in [0.05, 0.1) is 10.7 Å². The second kappa shape index (κ2) is 6.01. The Hall–Kier alpha value is -0.0831. The van der Waals surface area contributed by atoms with Gasteiger partial charge in [0.2, 0.25) is 5.88 Å². The standard InChI is InChI=1S/C10H19IN2O2Si/c1-14-10-9(11)7-13(12-10)8-15-5-6-16(2,3)4/h7H,5-6,8H2,1-4H3. The molecule has 6 heteroatoms. The Labute approximate surface area is 111 Å². The Kier molecular flexibility index (Phi) is 5.26. The van der Waals surface area contributed by atoms with E-state index >= 15 is 0 Å². The summed E-state index contributed by atoms with van der Waals surface area (Å²) in [5.41, 5.74) is 0. The van der Waals surface area contributed by atoms with Crippen molar-refractivity contribution in [3.8, 4) is 5.88 Å². The van der Waals surface area contributed by atoms with Gasteiger partial charge in [0.15, 0.2) is 0 Å². The minimum atomic E-state index is -0.989. The number of ether oxygens (including phenoxy) is 2. The van der Waals surface area contributed by atoms with E-state index in [1.807, 2.05) is 6.20 Å². The molecule has 1 aromatic heterocycles. The molecule has 1 rings (SSSR count). The van der Waals surface area contributed by atoms with Crippen molar-refractivity contribution in [1.82, 2.24) is 9.78 Å². The van der Waals surface area contributed by atoms with E-state index in [9.17, 15) is 0 Å². The summed E-state index contributed by atoms with van der Waals surface area (Å²) >= 11 is 2.20. The monoisotopic (exact) mass is 354 g/mol. The molecule has 0 aromatic carbocycles. The fourth-order valence-electron chi connectivity index (χ4n) is 1.12. The molecule has 16 heavy (non-hydrogen) atoms. The molecule has 0 saturated carbocycles. The first-order valence-corrected chi connectivity index (χ1v) is 10.1. The highest BCUT2D eigenvalue weighted by molar-refractivity contribution is 14.1. The van der Waals surface area contributed by atoms with Crippen LogP contribution in [-0.4, -0.2) is 31.6 Å². The molecular weight excluding hydrogens is 335 g/mol. The Balaban J connectivity index is 2.32. The maximum Gasteiger partial charge on any atom is 0.246 e. The van der Waals surface area contributed by atoms with Crippen LogP contribution < -0.4 is 4.74 Å². The summed E-state index contributed by atoms with van der Waals surface area (Å²) in [6.07, 6.45) is 1.92. The number of rotatable bonds is 6. The van der Waals surface area contributed by atoms with Crippen LogP contribution in [0.4, 0.5) is 0 Å². The number of methoxy groups -OCH3 is 1. The van der Waals surface area contributed by atoms with E-state index in [2.05, 4.69) is 47.3 Å². The molecule has 92 valence electrons. The van der Waals surface area contributed by atoms with E-state index in [1.165, 1.54) is 6.04 Å². The Morgan fingerprint density at radius 2 is 2.12 bits per heavy atom. The van der Waals surface area contributed by atoms with Crippen molar-refractivity contribution < 1.29 is 9.47 Å². The van der Waals surface area contributed by atoms with Gasteiger partial charge in [-0.2, -0.15) is 0 Å². The highest BCUT2D eigenvalue weighted by Gasteiger charge is 2.12. The third-order valence-corrected chi connectivity index (χ3v) is 4.54. The first-order chi connectivity index (χ1) is 7.42. The lowest BCUT2D eigenvalue weighted by molar-refractivity contribution is 0.0777. The van der Waals surface area contributed by atoms with Crippen molar-refractivity contribution in [2.45, 2.75) is 32.4 Å². The van der Waals surface area contributed by atoms with Gasteiger partial charge in [-0.25, -0.2) is 4.68 Å². The average molecular weight is 354 g/mol. The fourth-order valence-corrected chi connectivity index (χ4v) is 2.53. The van der Waals surface area contributed by atoms with E-state index in [4.69, 9.17) is 9.47 Å². The number of hydrogen-bond donors (Lipinski definition) is 0. The second-order valence-electron chi connectivity index (χ2n) is 4.87. The molecule has 0 amide bonds. The predicted molar refractivity (Wildman–Crippen MR) is 75.6 cm³/mol.